The van der Waals surface area contributed by atoms with Gasteiger partial charge in [-0.15, -0.1) is 0 Å². The first-order valence-electron chi connectivity index (χ1n) is 2.70. The monoisotopic (exact) mass is 119 g/mol. The summed E-state index contributed by atoms with van der Waals surface area (Å²) in [5, 5.41) is 2.95. The van der Waals surface area contributed by atoms with Gasteiger partial charge in [0.2, 0.25) is 5.69 Å². The average molecular weight is 119 g/mol. The van der Waals surface area contributed by atoms with Crippen LogP contribution in [0.15, 0.2) is 18.5 Å². The number of aliphatic imine (C=N–C) groups is 1. The minimum Gasteiger partial charge on any atom is -0.260 e. The summed E-state index contributed by atoms with van der Waals surface area (Å²) in [6, 6.07) is 1.87. The second-order valence-corrected chi connectivity index (χ2v) is 1.80. The standard InChI is InChI=1S/C6H5N3/c1-2-7-3-6-5(1)8-4-9-6/h1-4,9H/q+1. The fourth-order valence-electron chi connectivity index (χ4n) is 0.782. The van der Waals surface area contributed by atoms with Gasteiger partial charge in [-0.3, -0.25) is 4.98 Å². The summed E-state index contributed by atoms with van der Waals surface area (Å²) in [5.41, 5.74) is 1.95. The molecule has 0 saturated heterocycles. The van der Waals surface area contributed by atoms with Crippen LogP contribution in [-0.2, 0) is 0 Å². The summed E-state index contributed by atoms with van der Waals surface area (Å²) in [6.45, 7) is 0. The zero-order valence-corrected chi connectivity index (χ0v) is 4.70. The van der Waals surface area contributed by atoms with Crippen LogP contribution < -0.4 is 10.3 Å². The number of pyridine rings is 1. The van der Waals surface area contributed by atoms with E-state index in [2.05, 4.69) is 15.3 Å². The van der Waals surface area contributed by atoms with E-state index in [1.165, 1.54) is 0 Å². The Bertz CT molecular complexity index is 254. The first-order chi connectivity index (χ1) is 4.47. The van der Waals surface area contributed by atoms with Gasteiger partial charge in [-0.1, -0.05) is 0 Å². The van der Waals surface area contributed by atoms with E-state index in [4.69, 9.17) is 0 Å². The molecule has 1 aromatic rings. The minimum absolute atomic E-state index is 0.963. The highest BCUT2D eigenvalue weighted by Gasteiger charge is 2.13. The number of aromatic nitrogens is 1. The molecule has 0 aliphatic carbocycles. The van der Waals surface area contributed by atoms with Crippen LogP contribution >= 0.6 is 0 Å². The highest BCUT2D eigenvalue weighted by molar-refractivity contribution is 5.88. The van der Waals surface area contributed by atoms with Gasteiger partial charge in [-0.05, 0) is 4.99 Å². The first-order valence-corrected chi connectivity index (χ1v) is 2.70. The topological polar surface area (TPSA) is 39.0 Å². The van der Waals surface area contributed by atoms with Gasteiger partial charge in [0.05, 0.1) is 6.20 Å². The van der Waals surface area contributed by atoms with E-state index in [0.717, 1.165) is 11.4 Å². The fraction of sp³-hybridized carbons (Fsp3) is 0. The van der Waals surface area contributed by atoms with Gasteiger partial charge in [-0.2, -0.15) is 0 Å². The molecule has 2 rings (SSSR count). The summed E-state index contributed by atoms with van der Waals surface area (Å²) in [6.07, 6.45) is 5.14. The summed E-state index contributed by atoms with van der Waals surface area (Å²) in [5.74, 6) is 0. The molecular formula is C6H5N3+. The summed E-state index contributed by atoms with van der Waals surface area (Å²) < 4.78 is 0. The molecule has 1 aliphatic rings. The van der Waals surface area contributed by atoms with Crippen LogP contribution in [0, 0.1) is 0 Å². The van der Waals surface area contributed by atoms with Gasteiger partial charge in [0, 0.05) is 12.3 Å². The second-order valence-electron chi connectivity index (χ2n) is 1.80. The molecule has 3 nitrogen and oxygen atoms in total. The molecular weight excluding hydrogens is 114 g/mol. The lowest BCUT2D eigenvalue weighted by Gasteiger charge is -1.83. The predicted molar refractivity (Wildman–Crippen MR) is 35.7 cm³/mol. The molecule has 1 N–H and O–H groups in total. The van der Waals surface area contributed by atoms with E-state index in [1.54, 1.807) is 18.7 Å². The van der Waals surface area contributed by atoms with E-state index >= 15 is 0 Å². The number of fused-ring (bicyclic) bond motifs is 1. The van der Waals surface area contributed by atoms with Crippen molar-refractivity contribution in [1.82, 2.24) is 9.98 Å². The Morgan fingerprint density at radius 2 is 2.56 bits per heavy atom. The van der Waals surface area contributed by atoms with Crippen LogP contribution in [0.1, 0.15) is 0 Å². The molecule has 0 bridgehead atoms. The molecule has 0 saturated carbocycles. The largest absolute Gasteiger partial charge is 0.285 e. The summed E-state index contributed by atoms with van der Waals surface area (Å²) in [4.78, 5) is 7.94. The van der Waals surface area contributed by atoms with Crippen molar-refractivity contribution in [2.24, 2.45) is 0 Å². The van der Waals surface area contributed by atoms with Crippen LogP contribution in [-0.4, -0.2) is 11.3 Å². The molecule has 43 valence electrons. The number of hydrogen-bond donors (Lipinski definition) is 1. The van der Waals surface area contributed by atoms with Crippen molar-refractivity contribution >= 4 is 17.7 Å². The zero-order valence-electron chi connectivity index (χ0n) is 4.70. The highest BCUT2D eigenvalue weighted by Crippen LogP contribution is 2.19. The Hall–Kier alpha value is -1.38. The van der Waals surface area contributed by atoms with E-state index in [9.17, 15) is 0 Å². The maximum Gasteiger partial charge on any atom is 0.285 e. The van der Waals surface area contributed by atoms with E-state index < -0.39 is 0 Å². The SMILES string of the molecule is C1=[N+]c2ccncc2N1. The van der Waals surface area contributed by atoms with Gasteiger partial charge in [0.25, 0.3) is 6.34 Å². The number of hydrogen-bond acceptors (Lipinski definition) is 3. The van der Waals surface area contributed by atoms with E-state index in [0.29, 0.717) is 0 Å². The molecule has 0 unspecified atom stereocenters. The third kappa shape index (κ3) is 0.579. The van der Waals surface area contributed by atoms with Crippen molar-refractivity contribution in [2.75, 3.05) is 5.32 Å². The van der Waals surface area contributed by atoms with Crippen molar-refractivity contribution in [1.29, 1.82) is 0 Å². The highest BCUT2D eigenvalue weighted by atomic mass is 15.0. The maximum absolute atomic E-state index is 4.02. The van der Waals surface area contributed by atoms with Gasteiger partial charge < -0.3 is 0 Å². The lowest BCUT2D eigenvalue weighted by molar-refractivity contribution is 1.31. The Kier molecular flexibility index (Phi) is 0.773. The smallest absolute Gasteiger partial charge is 0.260 e. The van der Waals surface area contributed by atoms with Gasteiger partial charge in [0.1, 0.15) is 0 Å². The molecule has 1 aliphatic heterocycles. The second kappa shape index (κ2) is 1.55. The van der Waals surface area contributed by atoms with Crippen molar-refractivity contribution in [3.05, 3.63) is 18.5 Å². The average Bonchev–Trinajstić information content (AvgIpc) is 2.33. The molecule has 1 radical (unpaired) electrons. The van der Waals surface area contributed by atoms with Crippen LogP contribution in [0.2, 0.25) is 0 Å². The normalized spacial score (nSPS) is 12.9. The van der Waals surface area contributed by atoms with Crippen molar-refractivity contribution in [2.45, 2.75) is 0 Å². The van der Waals surface area contributed by atoms with Gasteiger partial charge >= 0.3 is 0 Å². The van der Waals surface area contributed by atoms with Gasteiger partial charge in [0.15, 0.2) is 5.69 Å². The van der Waals surface area contributed by atoms with E-state index in [-0.39, 0.29) is 0 Å². The lowest BCUT2D eigenvalue weighted by Crippen LogP contribution is -1.87. The van der Waals surface area contributed by atoms with Gasteiger partial charge in [-0.25, -0.2) is 5.32 Å². The number of nitrogens with one attached hydrogen (secondary N) is 1. The number of anilines is 1. The third-order valence-electron chi connectivity index (χ3n) is 1.22. The molecule has 1 aromatic heterocycles. The van der Waals surface area contributed by atoms with E-state index in [1.807, 2.05) is 6.07 Å². The maximum atomic E-state index is 4.02. The quantitative estimate of drug-likeness (QED) is 0.540. The van der Waals surface area contributed by atoms with Crippen molar-refractivity contribution in [3.8, 4) is 0 Å². The molecule has 0 spiro atoms. The van der Waals surface area contributed by atoms with Crippen molar-refractivity contribution < 1.29 is 0 Å². The number of rotatable bonds is 0. The molecule has 3 heteroatoms. The molecule has 0 fully saturated rings. The van der Waals surface area contributed by atoms with Crippen molar-refractivity contribution in [3.63, 3.8) is 0 Å². The molecule has 0 atom stereocenters. The first kappa shape index (κ1) is 4.49. The minimum atomic E-state index is 0.963. The molecule has 0 amide bonds. The van der Waals surface area contributed by atoms with Crippen LogP contribution in [0.5, 0.6) is 0 Å². The Balaban J connectivity index is 2.63. The third-order valence-corrected chi connectivity index (χ3v) is 1.22. The lowest BCUT2D eigenvalue weighted by atomic mass is 10.4. The Morgan fingerprint density at radius 1 is 1.56 bits per heavy atom. The van der Waals surface area contributed by atoms with Crippen LogP contribution in [0.25, 0.3) is 0 Å². The Labute approximate surface area is 52.5 Å². The molecule has 9 heavy (non-hydrogen) atoms. The molecule has 2 heterocycles. The fourth-order valence-corrected chi connectivity index (χ4v) is 0.782. The van der Waals surface area contributed by atoms with Crippen LogP contribution in [0.4, 0.5) is 11.4 Å². The molecule has 0 aromatic carbocycles. The van der Waals surface area contributed by atoms with Crippen LogP contribution in [0.3, 0.4) is 0 Å². The Morgan fingerprint density at radius 3 is 3.44 bits per heavy atom. The number of nitrogens with zero attached hydrogens (tertiary/aromatic N) is 2. The summed E-state index contributed by atoms with van der Waals surface area (Å²) >= 11 is 0. The summed E-state index contributed by atoms with van der Waals surface area (Å²) in [7, 11) is 0. The zero-order chi connectivity index (χ0) is 6.10. The predicted octanol–water partition coefficient (Wildman–Crippen LogP) is 0.503.